The number of nitrogens with zero attached hydrogens (tertiary/aromatic N) is 2. The van der Waals surface area contributed by atoms with Gasteiger partial charge in [-0.15, -0.1) is 0 Å². The number of benzene rings is 1. The molecule has 1 N–H and O–H groups in total. The Balaban J connectivity index is 1.76. The van der Waals surface area contributed by atoms with E-state index in [1.165, 1.54) is 0 Å². The van der Waals surface area contributed by atoms with E-state index in [1.54, 1.807) is 13.3 Å². The molecule has 0 aliphatic rings. The molecule has 0 radical (unpaired) electrons. The largest absolute Gasteiger partial charge is 0.496 e. The van der Waals surface area contributed by atoms with Crippen LogP contribution in [0.2, 0.25) is 0 Å². The van der Waals surface area contributed by atoms with Gasteiger partial charge in [0.2, 0.25) is 0 Å². The third kappa shape index (κ3) is 2.96. The van der Waals surface area contributed by atoms with Crippen LogP contribution in [0.3, 0.4) is 0 Å². The van der Waals surface area contributed by atoms with Gasteiger partial charge in [0.25, 0.3) is 5.91 Å². The van der Waals surface area contributed by atoms with Gasteiger partial charge in [0, 0.05) is 29.0 Å². The molecular formula is C16H14BrN3O2. The molecule has 0 fully saturated rings. The Hall–Kier alpha value is -2.34. The average Bonchev–Trinajstić information content (AvgIpc) is 2.96. The van der Waals surface area contributed by atoms with Crippen molar-refractivity contribution in [3.63, 3.8) is 0 Å². The van der Waals surface area contributed by atoms with Crippen molar-refractivity contribution in [2.45, 2.75) is 6.54 Å². The first kappa shape index (κ1) is 14.6. The van der Waals surface area contributed by atoms with Crippen molar-refractivity contribution in [1.29, 1.82) is 0 Å². The Morgan fingerprint density at radius 1 is 1.27 bits per heavy atom. The maximum Gasteiger partial charge on any atom is 0.271 e. The summed E-state index contributed by atoms with van der Waals surface area (Å²) in [5.41, 5.74) is 2.03. The van der Waals surface area contributed by atoms with Gasteiger partial charge in [-0.3, -0.25) is 4.79 Å². The second-order valence-electron chi connectivity index (χ2n) is 4.73. The zero-order chi connectivity index (χ0) is 15.5. The maximum atomic E-state index is 12.2. The Morgan fingerprint density at radius 3 is 2.91 bits per heavy atom. The van der Waals surface area contributed by atoms with Gasteiger partial charge in [-0.1, -0.05) is 18.2 Å². The minimum absolute atomic E-state index is 0.217. The smallest absolute Gasteiger partial charge is 0.271 e. The molecule has 0 bridgehead atoms. The Bertz CT molecular complexity index is 829. The summed E-state index contributed by atoms with van der Waals surface area (Å²) in [4.78, 5) is 16.5. The first-order chi connectivity index (χ1) is 10.7. The van der Waals surface area contributed by atoms with Gasteiger partial charge in [-0.05, 0) is 34.1 Å². The molecular weight excluding hydrogens is 346 g/mol. The number of nitrogens with one attached hydrogen (secondary N) is 1. The van der Waals surface area contributed by atoms with E-state index in [2.05, 4.69) is 26.2 Å². The second-order valence-corrected chi connectivity index (χ2v) is 5.65. The molecule has 0 atom stereocenters. The normalized spacial score (nSPS) is 10.6. The van der Waals surface area contributed by atoms with Crippen LogP contribution in [0.5, 0.6) is 5.75 Å². The van der Waals surface area contributed by atoms with Crippen LogP contribution in [0, 0.1) is 0 Å². The number of carbonyl (C=O) groups excluding carboxylic acids is 1. The van der Waals surface area contributed by atoms with Gasteiger partial charge < -0.3 is 14.5 Å². The molecule has 0 spiro atoms. The minimum atomic E-state index is -0.217. The molecule has 2 heterocycles. The summed E-state index contributed by atoms with van der Waals surface area (Å²) in [5, 5.41) is 2.86. The van der Waals surface area contributed by atoms with Gasteiger partial charge in [0.1, 0.15) is 17.1 Å². The number of pyridine rings is 1. The highest BCUT2D eigenvalue weighted by Crippen LogP contribution is 2.17. The summed E-state index contributed by atoms with van der Waals surface area (Å²) < 4.78 is 8.00. The summed E-state index contributed by atoms with van der Waals surface area (Å²) in [6.07, 6.45) is 3.57. The zero-order valence-electron chi connectivity index (χ0n) is 11.9. The highest BCUT2D eigenvalue weighted by Gasteiger charge is 2.11. The lowest BCUT2D eigenvalue weighted by Crippen LogP contribution is -2.23. The number of ether oxygens (including phenoxy) is 1. The van der Waals surface area contributed by atoms with Crippen LogP contribution in [-0.4, -0.2) is 22.4 Å². The lowest BCUT2D eigenvalue weighted by atomic mass is 10.2. The summed E-state index contributed by atoms with van der Waals surface area (Å²) >= 11 is 3.39. The van der Waals surface area contributed by atoms with Crippen LogP contribution in [0.25, 0.3) is 5.65 Å². The third-order valence-corrected chi connectivity index (χ3v) is 3.75. The van der Waals surface area contributed by atoms with E-state index in [1.807, 2.05) is 47.0 Å². The third-order valence-electron chi connectivity index (χ3n) is 3.28. The van der Waals surface area contributed by atoms with Crippen molar-refractivity contribution in [2.75, 3.05) is 7.11 Å². The number of para-hydroxylation sites is 1. The summed E-state index contributed by atoms with van der Waals surface area (Å²) in [6, 6.07) is 11.3. The molecule has 0 aliphatic carbocycles. The van der Waals surface area contributed by atoms with E-state index in [9.17, 15) is 4.79 Å². The van der Waals surface area contributed by atoms with Crippen LogP contribution in [0.1, 0.15) is 16.1 Å². The second kappa shape index (κ2) is 6.19. The van der Waals surface area contributed by atoms with Crippen molar-refractivity contribution in [3.05, 3.63) is 64.5 Å². The monoisotopic (exact) mass is 359 g/mol. The number of aromatic nitrogens is 2. The molecule has 0 saturated heterocycles. The molecule has 0 unspecified atom stereocenters. The number of imidazole rings is 1. The maximum absolute atomic E-state index is 12.2. The van der Waals surface area contributed by atoms with Gasteiger partial charge in [0.05, 0.1) is 7.11 Å². The minimum Gasteiger partial charge on any atom is -0.496 e. The molecule has 6 heteroatoms. The quantitative estimate of drug-likeness (QED) is 0.778. The van der Waals surface area contributed by atoms with Crippen molar-refractivity contribution >= 4 is 27.5 Å². The molecule has 112 valence electrons. The van der Waals surface area contributed by atoms with E-state index < -0.39 is 0 Å². The Morgan fingerprint density at radius 2 is 2.09 bits per heavy atom. The van der Waals surface area contributed by atoms with Crippen molar-refractivity contribution in [1.82, 2.24) is 14.7 Å². The average molecular weight is 360 g/mol. The van der Waals surface area contributed by atoms with Gasteiger partial charge in [-0.25, -0.2) is 4.98 Å². The molecule has 3 rings (SSSR count). The highest BCUT2D eigenvalue weighted by atomic mass is 79.9. The number of hydrogen-bond donors (Lipinski definition) is 1. The number of halogens is 1. The Labute approximate surface area is 136 Å². The molecule has 3 aromatic rings. The summed E-state index contributed by atoms with van der Waals surface area (Å²) in [7, 11) is 1.61. The first-order valence-corrected chi connectivity index (χ1v) is 7.51. The van der Waals surface area contributed by atoms with E-state index in [4.69, 9.17) is 4.74 Å². The fourth-order valence-corrected chi connectivity index (χ4v) is 2.54. The SMILES string of the molecule is COc1ccccc1CNC(=O)c1cn2cc(Br)ccc2n1. The predicted molar refractivity (Wildman–Crippen MR) is 87.1 cm³/mol. The molecule has 1 amide bonds. The van der Waals surface area contributed by atoms with Crippen LogP contribution in [0.4, 0.5) is 0 Å². The molecule has 22 heavy (non-hydrogen) atoms. The predicted octanol–water partition coefficient (Wildman–Crippen LogP) is 3.04. The molecule has 2 aromatic heterocycles. The molecule has 1 aromatic carbocycles. The lowest BCUT2D eigenvalue weighted by Gasteiger charge is -2.08. The van der Waals surface area contributed by atoms with Crippen LogP contribution >= 0.6 is 15.9 Å². The fourth-order valence-electron chi connectivity index (χ4n) is 2.19. The van der Waals surface area contributed by atoms with E-state index in [-0.39, 0.29) is 5.91 Å². The number of amides is 1. The summed E-state index contributed by atoms with van der Waals surface area (Å²) in [6.45, 7) is 0.389. The van der Waals surface area contributed by atoms with E-state index in [0.717, 1.165) is 21.4 Å². The first-order valence-electron chi connectivity index (χ1n) is 6.72. The van der Waals surface area contributed by atoms with Crippen LogP contribution in [0.15, 0.2) is 53.3 Å². The van der Waals surface area contributed by atoms with Crippen molar-refractivity contribution in [3.8, 4) is 5.75 Å². The van der Waals surface area contributed by atoms with Crippen LogP contribution in [-0.2, 0) is 6.54 Å². The number of carbonyl (C=O) groups is 1. The highest BCUT2D eigenvalue weighted by molar-refractivity contribution is 9.10. The van der Waals surface area contributed by atoms with Crippen molar-refractivity contribution in [2.24, 2.45) is 0 Å². The van der Waals surface area contributed by atoms with E-state index in [0.29, 0.717) is 12.2 Å². The number of methoxy groups -OCH3 is 1. The van der Waals surface area contributed by atoms with E-state index >= 15 is 0 Å². The standard InChI is InChI=1S/C16H14BrN3O2/c1-22-14-5-3-2-4-11(14)8-18-16(21)13-10-20-9-12(17)6-7-15(20)19-13/h2-7,9-10H,8H2,1H3,(H,18,21). The van der Waals surface area contributed by atoms with Gasteiger partial charge in [0.15, 0.2) is 0 Å². The summed E-state index contributed by atoms with van der Waals surface area (Å²) in [5.74, 6) is 0.535. The number of hydrogen-bond acceptors (Lipinski definition) is 3. The molecule has 0 saturated carbocycles. The van der Waals surface area contributed by atoms with Gasteiger partial charge >= 0.3 is 0 Å². The molecule has 0 aliphatic heterocycles. The topological polar surface area (TPSA) is 55.6 Å². The number of rotatable bonds is 4. The van der Waals surface area contributed by atoms with Crippen molar-refractivity contribution < 1.29 is 9.53 Å². The molecule has 5 nitrogen and oxygen atoms in total. The lowest BCUT2D eigenvalue weighted by molar-refractivity contribution is 0.0946. The Kier molecular flexibility index (Phi) is 4.11. The number of fused-ring (bicyclic) bond motifs is 1. The van der Waals surface area contributed by atoms with Gasteiger partial charge in [-0.2, -0.15) is 0 Å². The fraction of sp³-hybridized carbons (Fsp3) is 0.125. The zero-order valence-corrected chi connectivity index (χ0v) is 13.5. The van der Waals surface area contributed by atoms with Crippen LogP contribution < -0.4 is 10.1 Å².